The Morgan fingerprint density at radius 3 is 3.09 bits per heavy atom. The van der Waals surface area contributed by atoms with Crippen molar-refractivity contribution in [1.82, 2.24) is 0 Å². The Kier molecular flexibility index (Phi) is 1.38. The molecule has 1 heterocycles. The van der Waals surface area contributed by atoms with Crippen LogP contribution in [0.2, 0.25) is 5.02 Å². The molecule has 0 radical (unpaired) electrons. The van der Waals surface area contributed by atoms with E-state index < -0.39 is 0 Å². The average Bonchev–Trinajstić information content (AvgIpc) is 2.33. The third-order valence-corrected chi connectivity index (χ3v) is 1.69. The predicted octanol–water partition coefficient (Wildman–Crippen LogP) is 1.26. The van der Waals surface area contributed by atoms with Crippen molar-refractivity contribution in [2.45, 2.75) is 0 Å². The van der Waals surface area contributed by atoms with Gasteiger partial charge in [-0.3, -0.25) is 0 Å². The summed E-state index contributed by atoms with van der Waals surface area (Å²) in [4.78, 5) is 0. The van der Waals surface area contributed by atoms with Crippen molar-refractivity contribution in [3.8, 4) is 0 Å². The van der Waals surface area contributed by atoms with E-state index in [9.17, 15) is 0 Å². The van der Waals surface area contributed by atoms with Gasteiger partial charge in [0, 0.05) is 11.1 Å². The summed E-state index contributed by atoms with van der Waals surface area (Å²) in [5.41, 5.74) is 1.25. The van der Waals surface area contributed by atoms with E-state index in [2.05, 4.69) is 10.3 Å². The molecule has 1 aromatic rings. The van der Waals surface area contributed by atoms with Crippen molar-refractivity contribution in [2.75, 3.05) is 0 Å². The maximum Gasteiger partial charge on any atom is 0.221 e. The fourth-order valence-electron chi connectivity index (χ4n) is 0.930. The van der Waals surface area contributed by atoms with Gasteiger partial charge in [-0.2, -0.15) is 5.21 Å². The van der Waals surface area contributed by atoms with E-state index in [4.69, 9.17) is 16.8 Å². The molecule has 2 rings (SSSR count). The molecule has 1 unspecified atom stereocenters. The third-order valence-electron chi connectivity index (χ3n) is 1.45. The molecular weight excluding hydrogens is 166 g/mol. The zero-order valence-electron chi connectivity index (χ0n) is 5.45. The van der Waals surface area contributed by atoms with Crippen molar-refractivity contribution in [1.29, 1.82) is 0 Å². The van der Waals surface area contributed by atoms with Crippen LogP contribution in [0, 0.1) is 0 Å². The monoisotopic (exact) mass is 170 g/mol. The molecule has 0 saturated carbocycles. The summed E-state index contributed by atoms with van der Waals surface area (Å²) >= 11 is 5.68. The fourth-order valence-corrected chi connectivity index (χ4v) is 1.10. The summed E-state index contributed by atoms with van der Waals surface area (Å²) in [5.74, 6) is 0. The number of halogens is 1. The second-order valence-electron chi connectivity index (χ2n) is 2.19. The van der Waals surface area contributed by atoms with Gasteiger partial charge in [-0.15, -0.1) is 0 Å². The van der Waals surface area contributed by atoms with Crippen molar-refractivity contribution >= 4 is 23.0 Å². The van der Waals surface area contributed by atoms with Crippen LogP contribution in [0.1, 0.15) is 0 Å². The van der Waals surface area contributed by atoms with Crippen LogP contribution in [-0.2, 0) is 0 Å². The van der Waals surface area contributed by atoms with Crippen molar-refractivity contribution in [2.24, 2.45) is 10.3 Å². The normalized spacial score (nSPS) is 20.4. The number of nitrogens with one attached hydrogen (secondary N) is 1. The summed E-state index contributed by atoms with van der Waals surface area (Å²) in [7, 11) is 0. The van der Waals surface area contributed by atoms with Crippen LogP contribution in [0.15, 0.2) is 28.5 Å². The number of benzene rings is 1. The van der Waals surface area contributed by atoms with Crippen molar-refractivity contribution < 1.29 is 10.4 Å². The lowest BCUT2D eigenvalue weighted by Gasteiger charge is -1.95. The van der Waals surface area contributed by atoms with Crippen LogP contribution in [0.5, 0.6) is 0 Å². The lowest BCUT2D eigenvalue weighted by molar-refractivity contribution is -1.04. The first-order chi connectivity index (χ1) is 5.27. The van der Waals surface area contributed by atoms with Crippen LogP contribution in [-0.4, -0.2) is 5.21 Å². The molecule has 56 valence electrons. The first-order valence-electron chi connectivity index (χ1n) is 3.05. The zero-order valence-corrected chi connectivity index (χ0v) is 6.21. The summed E-state index contributed by atoms with van der Waals surface area (Å²) < 4.78 is 0. The summed E-state index contributed by atoms with van der Waals surface area (Å²) in [6, 6.07) is 5.05. The smallest absolute Gasteiger partial charge is 0.183 e. The minimum Gasteiger partial charge on any atom is -0.183 e. The number of rotatable bonds is 0. The Morgan fingerprint density at radius 2 is 2.27 bits per heavy atom. The van der Waals surface area contributed by atoms with Crippen molar-refractivity contribution in [3.05, 3.63) is 23.2 Å². The highest BCUT2D eigenvalue weighted by Gasteiger charge is 2.21. The molecule has 0 aromatic heterocycles. The van der Waals surface area contributed by atoms with Gasteiger partial charge in [-0.25, -0.2) is 0 Å². The Hall–Kier alpha value is -0.970. The molecular formula is C6H5ClN3O+. The van der Waals surface area contributed by atoms with E-state index in [1.165, 1.54) is 0 Å². The highest BCUT2D eigenvalue weighted by atomic mass is 35.5. The molecule has 1 aromatic carbocycles. The van der Waals surface area contributed by atoms with E-state index in [1.54, 1.807) is 18.2 Å². The molecule has 0 saturated heterocycles. The molecule has 1 atom stereocenters. The molecule has 4 nitrogen and oxygen atoms in total. The maximum absolute atomic E-state index is 9.10. The third kappa shape index (κ3) is 1.01. The topological polar surface area (TPSA) is 49.4 Å². The first-order valence-corrected chi connectivity index (χ1v) is 3.43. The first kappa shape index (κ1) is 6.72. The lowest BCUT2D eigenvalue weighted by atomic mass is 10.3. The molecule has 0 spiro atoms. The van der Waals surface area contributed by atoms with E-state index in [-0.39, 0.29) is 5.17 Å². The molecule has 1 aliphatic heterocycles. The van der Waals surface area contributed by atoms with E-state index in [0.29, 0.717) is 16.4 Å². The van der Waals surface area contributed by atoms with Gasteiger partial charge in [-0.1, -0.05) is 16.7 Å². The lowest BCUT2D eigenvalue weighted by Crippen LogP contribution is -2.98. The van der Waals surface area contributed by atoms with E-state index >= 15 is 0 Å². The second-order valence-corrected chi connectivity index (χ2v) is 2.62. The van der Waals surface area contributed by atoms with E-state index in [1.807, 2.05) is 0 Å². The molecule has 0 fully saturated rings. The largest absolute Gasteiger partial charge is 0.221 e. The van der Waals surface area contributed by atoms with Crippen LogP contribution >= 0.6 is 11.6 Å². The van der Waals surface area contributed by atoms with E-state index in [0.717, 1.165) is 0 Å². The zero-order chi connectivity index (χ0) is 7.84. The Balaban J connectivity index is 2.58. The van der Waals surface area contributed by atoms with Gasteiger partial charge in [0.15, 0.2) is 5.69 Å². The molecule has 1 aliphatic rings. The molecule has 0 aliphatic carbocycles. The standard InChI is InChI=1S/C6H4ClN3O/c7-4-1-2-5-6(3-4)10(11)9-8-5/h1-3,11H/p+1. The van der Waals surface area contributed by atoms with Crippen LogP contribution in [0.4, 0.5) is 11.4 Å². The molecule has 11 heavy (non-hydrogen) atoms. The van der Waals surface area contributed by atoms with Gasteiger partial charge in [0.25, 0.3) is 0 Å². The molecule has 0 bridgehead atoms. The Labute approximate surface area is 67.7 Å². The molecule has 0 amide bonds. The van der Waals surface area contributed by atoms with Crippen LogP contribution < -0.4 is 5.17 Å². The Morgan fingerprint density at radius 1 is 1.45 bits per heavy atom. The van der Waals surface area contributed by atoms with Gasteiger partial charge in [0.05, 0.1) is 5.22 Å². The fraction of sp³-hybridized carbons (Fsp3) is 0. The second kappa shape index (κ2) is 2.27. The minimum atomic E-state index is -0.0671. The number of quaternary nitrogens is 1. The predicted molar refractivity (Wildman–Crippen MR) is 38.4 cm³/mol. The highest BCUT2D eigenvalue weighted by Crippen LogP contribution is 2.27. The quantitative estimate of drug-likeness (QED) is 0.605. The van der Waals surface area contributed by atoms with Crippen LogP contribution in [0.3, 0.4) is 0 Å². The molecule has 2 N–H and O–H groups in total. The number of hydrogen-bond donors (Lipinski definition) is 2. The highest BCUT2D eigenvalue weighted by molar-refractivity contribution is 6.30. The van der Waals surface area contributed by atoms with Gasteiger partial charge in [0.2, 0.25) is 5.69 Å². The maximum atomic E-state index is 9.10. The number of fused-ring (bicyclic) bond motifs is 1. The van der Waals surface area contributed by atoms with Gasteiger partial charge in [0.1, 0.15) is 0 Å². The average molecular weight is 171 g/mol. The number of hydrogen-bond acceptors (Lipinski definition) is 3. The molecule has 5 heteroatoms. The summed E-state index contributed by atoms with van der Waals surface area (Å²) in [5, 5.41) is 16.8. The van der Waals surface area contributed by atoms with Crippen molar-refractivity contribution in [3.63, 3.8) is 0 Å². The van der Waals surface area contributed by atoms with Gasteiger partial charge >= 0.3 is 0 Å². The SMILES string of the molecule is O[NH+]1N=Nc2ccc(Cl)cc21. The minimum absolute atomic E-state index is 0.0671. The van der Waals surface area contributed by atoms with Gasteiger partial charge < -0.3 is 0 Å². The summed E-state index contributed by atoms with van der Waals surface area (Å²) in [6.45, 7) is 0. The Bertz CT molecular complexity index is 326. The van der Waals surface area contributed by atoms with Gasteiger partial charge in [-0.05, 0) is 17.3 Å². The van der Waals surface area contributed by atoms with Crippen LogP contribution in [0.25, 0.3) is 0 Å². The number of nitrogens with zero attached hydrogens (tertiary/aromatic N) is 2. The summed E-state index contributed by atoms with van der Waals surface area (Å²) in [6.07, 6.45) is 0.